The first-order chi connectivity index (χ1) is 11.8. The largest absolute Gasteiger partial charge is 0.450 e. The minimum absolute atomic E-state index is 0.271. The fourth-order valence-electron chi connectivity index (χ4n) is 3.13. The Hall–Kier alpha value is -1.55. The predicted molar refractivity (Wildman–Crippen MR) is 98.3 cm³/mol. The summed E-state index contributed by atoms with van der Waals surface area (Å²) in [6.07, 6.45) is 8.99. The number of aryl methyl sites for hydroxylation is 1. The zero-order valence-corrected chi connectivity index (χ0v) is 14.8. The van der Waals surface area contributed by atoms with Crippen LogP contribution in [0, 0.1) is 0 Å². The number of ether oxygens (including phenoxy) is 1. The van der Waals surface area contributed by atoms with Crippen LogP contribution in [0.5, 0.6) is 0 Å². The van der Waals surface area contributed by atoms with Gasteiger partial charge in [-0.1, -0.05) is 36.8 Å². The van der Waals surface area contributed by atoms with Crippen LogP contribution in [0.25, 0.3) is 0 Å². The molecule has 0 aromatic heterocycles. The number of nitrogens with zero attached hydrogens (tertiary/aromatic N) is 1. The van der Waals surface area contributed by atoms with Gasteiger partial charge in [0.15, 0.2) is 0 Å². The molecule has 1 heterocycles. The molecule has 1 aromatic rings. The molecule has 1 aliphatic rings. The average molecular weight is 332 g/mol. The van der Waals surface area contributed by atoms with Gasteiger partial charge in [0, 0.05) is 6.54 Å². The number of hydrogen-bond acceptors (Lipinski definition) is 3. The Labute approximate surface area is 146 Å². The van der Waals surface area contributed by atoms with E-state index >= 15 is 0 Å². The van der Waals surface area contributed by atoms with E-state index in [1.807, 2.05) is 6.07 Å². The number of rotatable bonds is 10. The number of carbonyl (C=O) groups is 1. The van der Waals surface area contributed by atoms with Crippen molar-refractivity contribution in [2.45, 2.75) is 51.4 Å². The average Bonchev–Trinajstić information content (AvgIpc) is 2.63. The van der Waals surface area contributed by atoms with Crippen molar-refractivity contribution >= 4 is 6.09 Å². The second-order valence-corrected chi connectivity index (χ2v) is 6.61. The highest BCUT2D eigenvalue weighted by atomic mass is 16.5. The number of alkyl carbamates (subject to hydrolysis) is 1. The number of unbranched alkanes of at least 4 members (excludes halogenated alkanes) is 2. The van der Waals surface area contributed by atoms with Gasteiger partial charge in [-0.25, -0.2) is 4.79 Å². The molecule has 0 unspecified atom stereocenters. The van der Waals surface area contributed by atoms with Gasteiger partial charge in [-0.15, -0.1) is 0 Å². The summed E-state index contributed by atoms with van der Waals surface area (Å²) in [5, 5.41) is 2.84. The molecule has 1 aromatic carbocycles. The number of hydrogen-bond donors (Lipinski definition) is 1. The Kier molecular flexibility index (Phi) is 9.32. The quantitative estimate of drug-likeness (QED) is 0.658. The first-order valence-corrected chi connectivity index (χ1v) is 9.51. The van der Waals surface area contributed by atoms with Crippen LogP contribution < -0.4 is 5.32 Å². The standard InChI is InChI=1S/C20H32N2O2/c23-20(21-14-6-5-13-19-11-3-1-4-12-19)24-18-10-9-17-22-15-7-2-8-16-22/h1,3-4,11-12H,2,5-10,13-18H2,(H,21,23). The van der Waals surface area contributed by atoms with Crippen LogP contribution in [-0.4, -0.2) is 43.8 Å². The van der Waals surface area contributed by atoms with Gasteiger partial charge in [-0.05, 0) is 70.1 Å². The summed E-state index contributed by atoms with van der Waals surface area (Å²) >= 11 is 0. The molecule has 0 spiro atoms. The monoisotopic (exact) mass is 332 g/mol. The van der Waals surface area contributed by atoms with Crippen LogP contribution in [0.4, 0.5) is 4.79 Å². The second-order valence-electron chi connectivity index (χ2n) is 6.61. The molecular weight excluding hydrogens is 300 g/mol. The van der Waals surface area contributed by atoms with Gasteiger partial charge in [0.2, 0.25) is 0 Å². The van der Waals surface area contributed by atoms with E-state index in [-0.39, 0.29) is 6.09 Å². The van der Waals surface area contributed by atoms with Crippen molar-refractivity contribution in [1.29, 1.82) is 0 Å². The van der Waals surface area contributed by atoms with Crippen molar-refractivity contribution in [1.82, 2.24) is 10.2 Å². The smallest absolute Gasteiger partial charge is 0.407 e. The van der Waals surface area contributed by atoms with E-state index in [4.69, 9.17) is 4.74 Å². The number of likely N-dealkylation sites (tertiary alicyclic amines) is 1. The number of amides is 1. The van der Waals surface area contributed by atoms with Crippen molar-refractivity contribution in [2.75, 3.05) is 32.8 Å². The predicted octanol–water partition coefficient (Wildman–Crippen LogP) is 4.00. The van der Waals surface area contributed by atoms with E-state index in [2.05, 4.69) is 34.5 Å². The highest BCUT2D eigenvalue weighted by molar-refractivity contribution is 5.66. The summed E-state index contributed by atoms with van der Waals surface area (Å²) in [5.41, 5.74) is 1.36. The Bertz CT molecular complexity index is 444. The third kappa shape index (κ3) is 8.34. The molecule has 1 fully saturated rings. The first-order valence-electron chi connectivity index (χ1n) is 9.51. The summed E-state index contributed by atoms with van der Waals surface area (Å²) in [4.78, 5) is 14.1. The third-order valence-electron chi connectivity index (χ3n) is 4.55. The molecule has 4 nitrogen and oxygen atoms in total. The molecule has 1 aliphatic heterocycles. The van der Waals surface area contributed by atoms with Crippen LogP contribution >= 0.6 is 0 Å². The van der Waals surface area contributed by atoms with Gasteiger partial charge in [-0.2, -0.15) is 0 Å². The Morgan fingerprint density at radius 2 is 1.79 bits per heavy atom. The lowest BCUT2D eigenvalue weighted by Gasteiger charge is -2.26. The molecule has 24 heavy (non-hydrogen) atoms. The van der Waals surface area contributed by atoms with E-state index in [0.717, 1.165) is 38.6 Å². The molecule has 1 saturated heterocycles. The van der Waals surface area contributed by atoms with Crippen LogP contribution in [0.1, 0.15) is 50.5 Å². The summed E-state index contributed by atoms with van der Waals surface area (Å²) in [5.74, 6) is 0. The molecule has 0 atom stereocenters. The maximum absolute atomic E-state index is 11.6. The maximum Gasteiger partial charge on any atom is 0.407 e. The molecular formula is C20H32N2O2. The molecule has 2 rings (SSSR count). The minimum atomic E-state index is -0.271. The van der Waals surface area contributed by atoms with Gasteiger partial charge in [0.1, 0.15) is 0 Å². The molecule has 0 saturated carbocycles. The van der Waals surface area contributed by atoms with Crippen LogP contribution in [0.2, 0.25) is 0 Å². The number of carbonyl (C=O) groups excluding carboxylic acids is 1. The fraction of sp³-hybridized carbons (Fsp3) is 0.650. The Balaban J connectivity index is 1.38. The summed E-state index contributed by atoms with van der Waals surface area (Å²) < 4.78 is 5.23. The first kappa shape index (κ1) is 18.8. The van der Waals surface area contributed by atoms with Gasteiger partial charge in [0.05, 0.1) is 6.61 Å². The van der Waals surface area contributed by atoms with E-state index in [1.165, 1.54) is 37.9 Å². The van der Waals surface area contributed by atoms with Crippen molar-refractivity contribution in [3.63, 3.8) is 0 Å². The van der Waals surface area contributed by atoms with Crippen molar-refractivity contribution in [3.8, 4) is 0 Å². The van der Waals surface area contributed by atoms with Crippen LogP contribution in [0.3, 0.4) is 0 Å². The lowest BCUT2D eigenvalue weighted by Crippen LogP contribution is -2.31. The van der Waals surface area contributed by atoms with Gasteiger partial charge in [0.25, 0.3) is 0 Å². The number of piperidine rings is 1. The van der Waals surface area contributed by atoms with Crippen molar-refractivity contribution < 1.29 is 9.53 Å². The number of nitrogens with one attached hydrogen (secondary N) is 1. The Morgan fingerprint density at radius 3 is 2.58 bits per heavy atom. The van der Waals surface area contributed by atoms with E-state index in [1.54, 1.807) is 0 Å². The summed E-state index contributed by atoms with van der Waals surface area (Å²) in [7, 11) is 0. The zero-order chi connectivity index (χ0) is 16.9. The number of benzene rings is 1. The maximum atomic E-state index is 11.6. The summed E-state index contributed by atoms with van der Waals surface area (Å²) in [6.45, 7) is 4.85. The Morgan fingerprint density at radius 1 is 1.00 bits per heavy atom. The molecule has 0 radical (unpaired) electrons. The van der Waals surface area contributed by atoms with Crippen molar-refractivity contribution in [3.05, 3.63) is 35.9 Å². The van der Waals surface area contributed by atoms with Crippen LogP contribution in [-0.2, 0) is 11.2 Å². The zero-order valence-electron chi connectivity index (χ0n) is 14.8. The lowest BCUT2D eigenvalue weighted by molar-refractivity contribution is 0.141. The van der Waals surface area contributed by atoms with Gasteiger partial charge >= 0.3 is 6.09 Å². The highest BCUT2D eigenvalue weighted by Crippen LogP contribution is 2.09. The minimum Gasteiger partial charge on any atom is -0.450 e. The van der Waals surface area contributed by atoms with Crippen LogP contribution in [0.15, 0.2) is 30.3 Å². The third-order valence-corrected chi connectivity index (χ3v) is 4.55. The molecule has 4 heteroatoms. The summed E-state index contributed by atoms with van der Waals surface area (Å²) in [6, 6.07) is 10.5. The lowest BCUT2D eigenvalue weighted by atomic mass is 10.1. The molecule has 0 aliphatic carbocycles. The van der Waals surface area contributed by atoms with E-state index in [9.17, 15) is 4.79 Å². The fourth-order valence-corrected chi connectivity index (χ4v) is 3.13. The van der Waals surface area contributed by atoms with E-state index in [0.29, 0.717) is 13.2 Å². The second kappa shape index (κ2) is 11.9. The topological polar surface area (TPSA) is 41.6 Å². The molecule has 1 amide bonds. The molecule has 0 bridgehead atoms. The SMILES string of the molecule is O=C(NCCCCc1ccccc1)OCCCCN1CCCCC1. The normalized spacial score (nSPS) is 15.2. The molecule has 1 N–H and O–H groups in total. The van der Waals surface area contributed by atoms with Gasteiger partial charge < -0.3 is 15.0 Å². The van der Waals surface area contributed by atoms with Gasteiger partial charge in [-0.3, -0.25) is 0 Å². The van der Waals surface area contributed by atoms with E-state index < -0.39 is 0 Å². The van der Waals surface area contributed by atoms with Crippen molar-refractivity contribution in [2.24, 2.45) is 0 Å². The highest BCUT2D eigenvalue weighted by Gasteiger charge is 2.09. The molecule has 134 valence electrons.